The summed E-state index contributed by atoms with van der Waals surface area (Å²) in [4.78, 5) is 17.0. The zero-order valence-corrected chi connectivity index (χ0v) is 13.8. The largest absolute Gasteiger partial charge is 0.369 e. The molecule has 1 aromatic carbocycles. The van der Waals surface area contributed by atoms with Crippen molar-refractivity contribution in [1.29, 1.82) is 0 Å². The van der Waals surface area contributed by atoms with Crippen molar-refractivity contribution in [3.05, 3.63) is 30.3 Å². The van der Waals surface area contributed by atoms with E-state index in [1.54, 1.807) is 0 Å². The zero-order chi connectivity index (χ0) is 15.6. The fourth-order valence-electron chi connectivity index (χ4n) is 4.68. The van der Waals surface area contributed by atoms with Crippen molar-refractivity contribution in [2.75, 3.05) is 37.6 Å². The summed E-state index contributed by atoms with van der Waals surface area (Å²) >= 11 is 0. The highest BCUT2D eigenvalue weighted by molar-refractivity contribution is 5.78. The Kier molecular flexibility index (Phi) is 4.25. The van der Waals surface area contributed by atoms with Gasteiger partial charge in [0.15, 0.2) is 0 Å². The van der Waals surface area contributed by atoms with Gasteiger partial charge in [0.1, 0.15) is 0 Å². The second-order valence-electron chi connectivity index (χ2n) is 7.45. The number of anilines is 1. The smallest absolute Gasteiger partial charge is 0.234 e. The number of carbonyl (C=O) groups excluding carboxylic acids is 1. The number of benzene rings is 1. The Morgan fingerprint density at radius 3 is 2.48 bits per heavy atom. The molecule has 2 bridgehead atoms. The summed E-state index contributed by atoms with van der Waals surface area (Å²) in [6.07, 6.45) is 5.28. The standard InChI is InChI=1S/C19H27N3O/c23-19(20-18-13-15-6-7-16(18)12-15)14-21-8-10-22(11-9-21)17-4-2-1-3-5-17/h1-5,15-16,18H,6-14H2,(H,20,23)/t15-,16-,18-/m1/s1. The molecule has 1 N–H and O–H groups in total. The second kappa shape index (κ2) is 6.52. The number of amides is 1. The van der Waals surface area contributed by atoms with E-state index in [1.165, 1.54) is 31.4 Å². The van der Waals surface area contributed by atoms with Crippen LogP contribution in [-0.4, -0.2) is 49.6 Å². The fourth-order valence-corrected chi connectivity index (χ4v) is 4.68. The van der Waals surface area contributed by atoms with Gasteiger partial charge in [0.05, 0.1) is 6.54 Å². The molecule has 0 aromatic heterocycles. The Balaban J connectivity index is 1.22. The van der Waals surface area contributed by atoms with Gasteiger partial charge in [0.25, 0.3) is 0 Å². The van der Waals surface area contributed by atoms with Crippen molar-refractivity contribution in [1.82, 2.24) is 10.2 Å². The quantitative estimate of drug-likeness (QED) is 0.925. The lowest BCUT2D eigenvalue weighted by Crippen LogP contribution is -2.51. The highest BCUT2D eigenvalue weighted by Crippen LogP contribution is 2.44. The Morgan fingerprint density at radius 2 is 1.83 bits per heavy atom. The molecule has 1 saturated heterocycles. The molecule has 1 aromatic rings. The summed E-state index contributed by atoms with van der Waals surface area (Å²) in [5, 5.41) is 3.31. The summed E-state index contributed by atoms with van der Waals surface area (Å²) in [6, 6.07) is 11.0. The van der Waals surface area contributed by atoms with Crippen LogP contribution in [0.15, 0.2) is 30.3 Å². The first kappa shape index (κ1) is 15.0. The Labute approximate surface area is 138 Å². The monoisotopic (exact) mass is 313 g/mol. The maximum absolute atomic E-state index is 12.3. The summed E-state index contributed by atoms with van der Waals surface area (Å²) in [6.45, 7) is 4.52. The first-order valence-corrected chi connectivity index (χ1v) is 9.09. The van der Waals surface area contributed by atoms with Crippen LogP contribution in [0.2, 0.25) is 0 Å². The number of rotatable bonds is 4. The van der Waals surface area contributed by atoms with Crippen molar-refractivity contribution in [3.8, 4) is 0 Å². The van der Waals surface area contributed by atoms with Crippen molar-refractivity contribution >= 4 is 11.6 Å². The molecule has 2 saturated carbocycles. The third-order valence-corrected chi connectivity index (χ3v) is 5.95. The Hall–Kier alpha value is -1.55. The molecule has 4 rings (SSSR count). The maximum atomic E-state index is 12.3. The molecule has 23 heavy (non-hydrogen) atoms. The lowest BCUT2D eigenvalue weighted by molar-refractivity contribution is -0.123. The van der Waals surface area contributed by atoms with Gasteiger partial charge in [-0.3, -0.25) is 9.69 Å². The molecular weight excluding hydrogens is 286 g/mol. The predicted molar refractivity (Wildman–Crippen MR) is 92.5 cm³/mol. The van der Waals surface area contributed by atoms with Gasteiger partial charge >= 0.3 is 0 Å². The molecule has 2 aliphatic carbocycles. The first-order valence-electron chi connectivity index (χ1n) is 9.09. The SMILES string of the molecule is O=C(CN1CCN(c2ccccc2)CC1)N[C@@H]1C[C@@H]2CC[C@@H]1C2. The van der Waals surface area contributed by atoms with Gasteiger partial charge in [0.2, 0.25) is 5.91 Å². The minimum Gasteiger partial charge on any atom is -0.369 e. The molecule has 124 valence electrons. The Morgan fingerprint density at radius 1 is 1.04 bits per heavy atom. The van der Waals surface area contributed by atoms with Gasteiger partial charge in [0, 0.05) is 37.9 Å². The molecule has 0 radical (unpaired) electrons. The molecule has 1 heterocycles. The predicted octanol–water partition coefficient (Wildman–Crippen LogP) is 2.11. The molecular formula is C19H27N3O. The zero-order valence-electron chi connectivity index (χ0n) is 13.8. The van der Waals surface area contributed by atoms with Crippen LogP contribution >= 0.6 is 0 Å². The van der Waals surface area contributed by atoms with Crippen molar-refractivity contribution in [3.63, 3.8) is 0 Å². The first-order chi connectivity index (χ1) is 11.3. The van der Waals surface area contributed by atoms with E-state index >= 15 is 0 Å². The molecule has 1 amide bonds. The van der Waals surface area contributed by atoms with E-state index in [0.717, 1.165) is 38.0 Å². The normalized spacial score (nSPS) is 30.6. The van der Waals surface area contributed by atoms with E-state index in [2.05, 4.69) is 45.4 Å². The average molecular weight is 313 g/mol. The Bertz CT molecular complexity index is 539. The van der Waals surface area contributed by atoms with E-state index in [1.807, 2.05) is 0 Å². The summed E-state index contributed by atoms with van der Waals surface area (Å²) in [5.74, 6) is 1.88. The number of para-hydroxylation sites is 1. The van der Waals surface area contributed by atoms with Gasteiger partial charge < -0.3 is 10.2 Å². The maximum Gasteiger partial charge on any atom is 0.234 e. The van der Waals surface area contributed by atoms with Crippen LogP contribution in [0.1, 0.15) is 25.7 Å². The highest BCUT2D eigenvalue weighted by atomic mass is 16.2. The van der Waals surface area contributed by atoms with Gasteiger partial charge in [-0.1, -0.05) is 24.6 Å². The van der Waals surface area contributed by atoms with Crippen LogP contribution in [0, 0.1) is 11.8 Å². The number of nitrogens with one attached hydrogen (secondary N) is 1. The minimum atomic E-state index is 0.232. The van der Waals surface area contributed by atoms with E-state index in [0.29, 0.717) is 12.6 Å². The molecule has 3 atom stereocenters. The van der Waals surface area contributed by atoms with Crippen LogP contribution < -0.4 is 10.2 Å². The number of hydrogen-bond acceptors (Lipinski definition) is 3. The third kappa shape index (κ3) is 3.37. The molecule has 0 unspecified atom stereocenters. The van der Waals surface area contributed by atoms with Gasteiger partial charge in [-0.2, -0.15) is 0 Å². The molecule has 1 aliphatic heterocycles. The number of nitrogens with zero attached hydrogens (tertiary/aromatic N) is 2. The number of fused-ring (bicyclic) bond motifs is 2. The van der Waals surface area contributed by atoms with Crippen molar-refractivity contribution in [2.24, 2.45) is 11.8 Å². The topological polar surface area (TPSA) is 35.6 Å². The van der Waals surface area contributed by atoms with Crippen LogP contribution in [0.25, 0.3) is 0 Å². The summed E-state index contributed by atoms with van der Waals surface area (Å²) in [5.41, 5.74) is 1.29. The van der Waals surface area contributed by atoms with E-state index in [4.69, 9.17) is 0 Å². The van der Waals surface area contributed by atoms with E-state index < -0.39 is 0 Å². The van der Waals surface area contributed by atoms with E-state index in [-0.39, 0.29) is 5.91 Å². The molecule has 0 spiro atoms. The molecule has 4 heteroatoms. The second-order valence-corrected chi connectivity index (χ2v) is 7.45. The van der Waals surface area contributed by atoms with Crippen LogP contribution in [0.5, 0.6) is 0 Å². The molecule has 3 fully saturated rings. The highest BCUT2D eigenvalue weighted by Gasteiger charge is 2.40. The van der Waals surface area contributed by atoms with Crippen molar-refractivity contribution < 1.29 is 4.79 Å². The van der Waals surface area contributed by atoms with E-state index in [9.17, 15) is 4.79 Å². The number of piperazine rings is 1. The lowest BCUT2D eigenvalue weighted by atomic mass is 9.95. The lowest BCUT2D eigenvalue weighted by Gasteiger charge is -2.36. The molecule has 3 aliphatic rings. The number of hydrogen-bond donors (Lipinski definition) is 1. The summed E-state index contributed by atoms with van der Waals surface area (Å²) < 4.78 is 0. The van der Waals surface area contributed by atoms with Gasteiger partial charge in [-0.15, -0.1) is 0 Å². The third-order valence-electron chi connectivity index (χ3n) is 5.95. The van der Waals surface area contributed by atoms with Gasteiger partial charge in [-0.25, -0.2) is 0 Å². The van der Waals surface area contributed by atoms with Gasteiger partial charge in [-0.05, 0) is 43.2 Å². The minimum absolute atomic E-state index is 0.232. The van der Waals surface area contributed by atoms with Crippen LogP contribution in [0.3, 0.4) is 0 Å². The average Bonchev–Trinajstić information content (AvgIpc) is 3.19. The number of carbonyl (C=O) groups is 1. The van der Waals surface area contributed by atoms with Crippen molar-refractivity contribution in [2.45, 2.75) is 31.7 Å². The fraction of sp³-hybridized carbons (Fsp3) is 0.632. The van der Waals surface area contributed by atoms with Crippen LogP contribution in [0.4, 0.5) is 5.69 Å². The van der Waals surface area contributed by atoms with Crippen LogP contribution in [-0.2, 0) is 4.79 Å². The summed E-state index contributed by atoms with van der Waals surface area (Å²) in [7, 11) is 0. The molecule has 4 nitrogen and oxygen atoms in total.